The Kier molecular flexibility index (Phi) is 5.06. The molecule has 4 heteroatoms. The highest BCUT2D eigenvalue weighted by Crippen LogP contribution is 2.22. The van der Waals surface area contributed by atoms with Crippen LogP contribution in [0.2, 0.25) is 0 Å². The highest BCUT2D eigenvalue weighted by molar-refractivity contribution is 8.01. The van der Waals surface area contributed by atoms with E-state index in [-0.39, 0.29) is 17.1 Å². The highest BCUT2D eigenvalue weighted by atomic mass is 32.2. The Balaban J connectivity index is 3.82. The van der Waals surface area contributed by atoms with Crippen LogP contribution < -0.4 is 0 Å². The van der Waals surface area contributed by atoms with Gasteiger partial charge in [0.15, 0.2) is 0 Å². The van der Waals surface area contributed by atoms with E-state index in [0.29, 0.717) is 0 Å². The monoisotopic (exact) mass is 204 g/mol. The first-order valence-electron chi connectivity index (χ1n) is 4.20. The smallest absolute Gasteiger partial charge is 0.375 e. The maximum atomic E-state index is 11.1. The van der Waals surface area contributed by atoms with Crippen molar-refractivity contribution in [3.8, 4) is 0 Å². The average Bonchev–Trinajstić information content (AvgIpc) is 1.99. The molecule has 0 radical (unpaired) electrons. The van der Waals surface area contributed by atoms with Crippen molar-refractivity contribution in [1.82, 2.24) is 0 Å². The minimum Gasteiger partial charge on any atom is -0.460 e. The van der Waals surface area contributed by atoms with Crippen LogP contribution in [0.15, 0.2) is 0 Å². The van der Waals surface area contributed by atoms with E-state index in [1.807, 2.05) is 20.8 Å². The number of hydrogen-bond donors (Lipinski definition) is 0. The molecule has 0 saturated carbocycles. The predicted octanol–water partition coefficient (Wildman–Crippen LogP) is 1.65. The van der Waals surface area contributed by atoms with Gasteiger partial charge in [-0.05, 0) is 6.92 Å². The maximum absolute atomic E-state index is 11.1. The molecule has 0 atom stereocenters. The number of carbonyl (C=O) groups is 2. The van der Waals surface area contributed by atoms with Crippen LogP contribution in [0.25, 0.3) is 0 Å². The molecule has 0 bridgehead atoms. The van der Waals surface area contributed by atoms with Gasteiger partial charge in [0.1, 0.15) is 0 Å². The second kappa shape index (κ2) is 5.27. The zero-order valence-corrected chi connectivity index (χ0v) is 9.36. The minimum atomic E-state index is -0.723. The van der Waals surface area contributed by atoms with E-state index >= 15 is 0 Å². The van der Waals surface area contributed by atoms with Gasteiger partial charge in [0, 0.05) is 4.75 Å². The van der Waals surface area contributed by atoms with Crippen LogP contribution >= 0.6 is 11.8 Å². The minimum absolute atomic E-state index is 0.00214. The van der Waals surface area contributed by atoms with Gasteiger partial charge < -0.3 is 4.74 Å². The summed E-state index contributed by atoms with van der Waals surface area (Å²) in [5.41, 5.74) is 0. The Hall–Kier alpha value is -0.510. The summed E-state index contributed by atoms with van der Waals surface area (Å²) >= 11 is 1.45. The number of hydrogen-bond acceptors (Lipinski definition) is 4. The van der Waals surface area contributed by atoms with Gasteiger partial charge in [-0.25, -0.2) is 4.79 Å². The van der Waals surface area contributed by atoms with Crippen LogP contribution in [0.5, 0.6) is 0 Å². The molecule has 0 aliphatic rings. The van der Waals surface area contributed by atoms with Crippen molar-refractivity contribution in [2.45, 2.75) is 32.4 Å². The van der Waals surface area contributed by atoms with Crippen molar-refractivity contribution in [2.24, 2.45) is 0 Å². The molecule has 0 spiro atoms. The van der Waals surface area contributed by atoms with Crippen molar-refractivity contribution in [3.63, 3.8) is 0 Å². The van der Waals surface area contributed by atoms with E-state index < -0.39 is 11.8 Å². The number of esters is 1. The van der Waals surface area contributed by atoms with Crippen LogP contribution in [-0.4, -0.2) is 28.9 Å². The summed E-state index contributed by atoms with van der Waals surface area (Å²) < 4.78 is 4.57. The molecule has 0 aromatic rings. The summed E-state index contributed by atoms with van der Waals surface area (Å²) in [7, 11) is 0. The Morgan fingerprint density at radius 1 is 1.31 bits per heavy atom. The Morgan fingerprint density at radius 2 is 1.85 bits per heavy atom. The molecule has 0 fully saturated rings. The highest BCUT2D eigenvalue weighted by Gasteiger charge is 2.19. The zero-order valence-electron chi connectivity index (χ0n) is 8.55. The molecular formula is C9H16O3S. The molecule has 0 aromatic heterocycles. The fourth-order valence-corrected chi connectivity index (χ4v) is 1.23. The molecular weight excluding hydrogens is 188 g/mol. The molecule has 0 heterocycles. The van der Waals surface area contributed by atoms with Crippen LogP contribution in [-0.2, 0) is 14.3 Å². The average molecular weight is 204 g/mol. The number of rotatable bonds is 4. The van der Waals surface area contributed by atoms with Crippen LogP contribution in [0, 0.1) is 0 Å². The van der Waals surface area contributed by atoms with E-state index in [2.05, 4.69) is 4.74 Å². The first-order chi connectivity index (χ1) is 5.87. The molecule has 0 aliphatic heterocycles. The molecule has 76 valence electrons. The van der Waals surface area contributed by atoms with Gasteiger partial charge in [-0.3, -0.25) is 4.79 Å². The third-order valence-electron chi connectivity index (χ3n) is 1.14. The fraction of sp³-hybridized carbons (Fsp3) is 0.778. The van der Waals surface area contributed by atoms with Gasteiger partial charge >= 0.3 is 5.97 Å². The zero-order chi connectivity index (χ0) is 10.5. The summed E-state index contributed by atoms with van der Waals surface area (Å²) in [6, 6.07) is 0. The fourth-order valence-electron chi connectivity index (χ4n) is 0.553. The summed E-state index contributed by atoms with van der Waals surface area (Å²) in [5, 5.41) is 0. The molecule has 0 N–H and O–H groups in total. The quantitative estimate of drug-likeness (QED) is 0.516. The second-order valence-electron chi connectivity index (χ2n) is 3.54. The lowest BCUT2D eigenvalue weighted by Gasteiger charge is -2.16. The van der Waals surface area contributed by atoms with Crippen molar-refractivity contribution >= 4 is 23.5 Å². The normalized spacial score (nSPS) is 11.1. The van der Waals surface area contributed by atoms with Gasteiger partial charge in [-0.15, -0.1) is 11.8 Å². The van der Waals surface area contributed by atoms with E-state index in [0.717, 1.165) is 0 Å². The van der Waals surface area contributed by atoms with Crippen molar-refractivity contribution in [1.29, 1.82) is 0 Å². The van der Waals surface area contributed by atoms with E-state index in [9.17, 15) is 9.59 Å². The van der Waals surface area contributed by atoms with Crippen LogP contribution in [0.3, 0.4) is 0 Å². The molecule has 0 rings (SSSR count). The molecule has 0 saturated heterocycles. The summed E-state index contributed by atoms with van der Waals surface area (Å²) in [4.78, 5) is 22.0. The first kappa shape index (κ1) is 12.5. The molecule has 0 aromatic carbocycles. The summed E-state index contributed by atoms with van der Waals surface area (Å²) in [5.74, 6) is -0.983. The molecule has 13 heavy (non-hydrogen) atoms. The topological polar surface area (TPSA) is 43.4 Å². The first-order valence-corrected chi connectivity index (χ1v) is 5.19. The second-order valence-corrected chi connectivity index (χ2v) is 5.35. The van der Waals surface area contributed by atoms with E-state index in [1.165, 1.54) is 11.8 Å². The summed E-state index contributed by atoms with van der Waals surface area (Å²) in [6.07, 6.45) is 0. The largest absolute Gasteiger partial charge is 0.460 e. The van der Waals surface area contributed by atoms with Crippen molar-refractivity contribution < 1.29 is 14.3 Å². The number of thioether (sulfide) groups is 1. The predicted molar refractivity (Wildman–Crippen MR) is 53.9 cm³/mol. The van der Waals surface area contributed by atoms with Crippen LogP contribution in [0.4, 0.5) is 0 Å². The third-order valence-corrected chi connectivity index (χ3v) is 2.41. The number of carbonyl (C=O) groups excluding carboxylic acids is 2. The molecule has 0 amide bonds. The Bertz CT molecular complexity index is 194. The van der Waals surface area contributed by atoms with Gasteiger partial charge in [-0.2, -0.15) is 0 Å². The van der Waals surface area contributed by atoms with Gasteiger partial charge in [0.25, 0.3) is 0 Å². The molecule has 0 aliphatic carbocycles. The van der Waals surface area contributed by atoms with E-state index in [4.69, 9.17) is 0 Å². The van der Waals surface area contributed by atoms with Crippen molar-refractivity contribution in [2.75, 3.05) is 12.4 Å². The SMILES string of the molecule is CCOC(=O)C(=O)CSC(C)(C)C. The lowest BCUT2D eigenvalue weighted by atomic mass is 10.3. The Morgan fingerprint density at radius 3 is 2.23 bits per heavy atom. The lowest BCUT2D eigenvalue weighted by molar-refractivity contribution is -0.152. The van der Waals surface area contributed by atoms with Gasteiger partial charge in [0.2, 0.25) is 5.78 Å². The number of Topliss-reactive ketones (excluding diaryl/α,β-unsaturated/α-hetero) is 1. The standard InChI is InChI=1S/C9H16O3S/c1-5-12-8(11)7(10)6-13-9(2,3)4/h5-6H2,1-4H3. The Labute approximate surface area is 83.2 Å². The van der Waals surface area contributed by atoms with Crippen molar-refractivity contribution in [3.05, 3.63) is 0 Å². The maximum Gasteiger partial charge on any atom is 0.375 e. The molecule has 0 unspecified atom stereocenters. The molecule has 3 nitrogen and oxygen atoms in total. The van der Waals surface area contributed by atoms with E-state index in [1.54, 1.807) is 6.92 Å². The van der Waals surface area contributed by atoms with Crippen LogP contribution in [0.1, 0.15) is 27.7 Å². The number of ketones is 1. The summed E-state index contributed by atoms with van der Waals surface area (Å²) in [6.45, 7) is 7.93. The lowest BCUT2D eigenvalue weighted by Crippen LogP contribution is -2.22. The van der Waals surface area contributed by atoms with Gasteiger partial charge in [0.05, 0.1) is 12.4 Å². The third kappa shape index (κ3) is 6.63. The number of ether oxygens (including phenoxy) is 1. The van der Waals surface area contributed by atoms with Gasteiger partial charge in [-0.1, -0.05) is 20.8 Å².